The van der Waals surface area contributed by atoms with Crippen LogP contribution in [0, 0.1) is 5.41 Å². The lowest BCUT2D eigenvalue weighted by Gasteiger charge is -2.32. The number of amides is 2. The summed E-state index contributed by atoms with van der Waals surface area (Å²) in [7, 11) is 3.61. The molecule has 3 aromatic rings. The van der Waals surface area contributed by atoms with Crippen LogP contribution in [0.15, 0.2) is 79.1 Å². The standard InChI is InChI=1S/C28H31N3O2/c1-30(2)27(33)28(19-23-11-6-7-13-25(23)24-12-8-17-29-20-24)16-18-31(21-28)26(32)15-14-22-9-4-3-5-10-22/h3-13,17,20H,14-16,18-19,21H2,1-2H3/t28-/m1/s1. The van der Waals surface area contributed by atoms with Gasteiger partial charge in [0, 0.05) is 51.6 Å². The van der Waals surface area contributed by atoms with E-state index in [-0.39, 0.29) is 11.8 Å². The van der Waals surface area contributed by atoms with E-state index in [0.717, 1.165) is 22.3 Å². The fraction of sp³-hybridized carbons (Fsp3) is 0.321. The highest BCUT2D eigenvalue weighted by atomic mass is 16.2. The number of hydrogen-bond acceptors (Lipinski definition) is 3. The second-order valence-corrected chi connectivity index (χ2v) is 9.11. The van der Waals surface area contributed by atoms with Crippen molar-refractivity contribution < 1.29 is 9.59 Å². The van der Waals surface area contributed by atoms with Gasteiger partial charge in [-0.25, -0.2) is 0 Å². The average molecular weight is 442 g/mol. The first-order valence-electron chi connectivity index (χ1n) is 11.5. The van der Waals surface area contributed by atoms with E-state index in [1.807, 2.05) is 65.7 Å². The Morgan fingerprint density at radius 2 is 1.76 bits per heavy atom. The zero-order chi connectivity index (χ0) is 23.3. The third-order valence-electron chi connectivity index (χ3n) is 6.56. The minimum absolute atomic E-state index is 0.0850. The summed E-state index contributed by atoms with van der Waals surface area (Å²) in [5, 5.41) is 0. The van der Waals surface area contributed by atoms with Crippen LogP contribution in [-0.4, -0.2) is 53.8 Å². The summed E-state index contributed by atoms with van der Waals surface area (Å²) in [6, 6.07) is 22.2. The maximum absolute atomic E-state index is 13.4. The Balaban J connectivity index is 1.55. The van der Waals surface area contributed by atoms with Crippen LogP contribution in [0.1, 0.15) is 24.0 Å². The lowest BCUT2D eigenvalue weighted by molar-refractivity contribution is -0.139. The number of aromatic nitrogens is 1. The molecule has 1 aromatic heterocycles. The molecule has 1 saturated heterocycles. The summed E-state index contributed by atoms with van der Waals surface area (Å²) >= 11 is 0. The van der Waals surface area contributed by atoms with Crippen molar-refractivity contribution in [3.63, 3.8) is 0 Å². The SMILES string of the molecule is CN(C)C(=O)[C@@]1(Cc2ccccc2-c2cccnc2)CCN(C(=O)CCc2ccccc2)C1. The van der Waals surface area contributed by atoms with E-state index in [0.29, 0.717) is 38.8 Å². The summed E-state index contributed by atoms with van der Waals surface area (Å²) in [6.45, 7) is 1.07. The van der Waals surface area contributed by atoms with Gasteiger partial charge >= 0.3 is 0 Å². The Bertz CT molecular complexity index is 1100. The topological polar surface area (TPSA) is 53.5 Å². The average Bonchev–Trinajstić information content (AvgIpc) is 3.28. The Hall–Kier alpha value is -3.47. The van der Waals surface area contributed by atoms with E-state index in [1.54, 1.807) is 25.2 Å². The summed E-state index contributed by atoms with van der Waals surface area (Å²) in [5.74, 6) is 0.203. The molecule has 0 aliphatic carbocycles. The molecule has 170 valence electrons. The van der Waals surface area contributed by atoms with E-state index in [9.17, 15) is 9.59 Å². The highest BCUT2D eigenvalue weighted by Gasteiger charge is 2.46. The van der Waals surface area contributed by atoms with Crippen molar-refractivity contribution in [1.82, 2.24) is 14.8 Å². The molecule has 1 fully saturated rings. The van der Waals surface area contributed by atoms with Crippen molar-refractivity contribution in [1.29, 1.82) is 0 Å². The molecule has 0 unspecified atom stereocenters. The van der Waals surface area contributed by atoms with E-state index < -0.39 is 5.41 Å². The molecule has 2 amide bonds. The lowest BCUT2D eigenvalue weighted by Crippen LogP contribution is -2.44. The second kappa shape index (κ2) is 9.99. The molecular formula is C28H31N3O2. The molecule has 0 saturated carbocycles. The fourth-order valence-electron chi connectivity index (χ4n) is 4.85. The smallest absolute Gasteiger partial charge is 0.230 e. The normalized spacial score (nSPS) is 17.7. The van der Waals surface area contributed by atoms with Gasteiger partial charge in [-0.3, -0.25) is 14.6 Å². The van der Waals surface area contributed by atoms with Gasteiger partial charge < -0.3 is 9.80 Å². The van der Waals surface area contributed by atoms with Gasteiger partial charge in [0.2, 0.25) is 11.8 Å². The molecule has 2 heterocycles. The molecule has 4 rings (SSSR count). The molecule has 0 N–H and O–H groups in total. The van der Waals surface area contributed by atoms with Crippen molar-refractivity contribution in [3.05, 3.63) is 90.3 Å². The van der Waals surface area contributed by atoms with E-state index >= 15 is 0 Å². The Morgan fingerprint density at radius 3 is 2.48 bits per heavy atom. The molecule has 33 heavy (non-hydrogen) atoms. The van der Waals surface area contributed by atoms with Crippen LogP contribution in [0.5, 0.6) is 0 Å². The Kier molecular flexibility index (Phi) is 6.87. The number of hydrogen-bond donors (Lipinski definition) is 0. The van der Waals surface area contributed by atoms with Gasteiger partial charge in [0.05, 0.1) is 5.41 Å². The maximum atomic E-state index is 13.4. The van der Waals surface area contributed by atoms with Crippen molar-refractivity contribution in [2.45, 2.75) is 25.7 Å². The molecule has 2 aromatic carbocycles. The van der Waals surface area contributed by atoms with E-state index in [1.165, 1.54) is 0 Å². The number of carbonyl (C=O) groups is 2. The number of likely N-dealkylation sites (tertiary alicyclic amines) is 1. The third-order valence-corrected chi connectivity index (χ3v) is 6.56. The molecular weight excluding hydrogens is 410 g/mol. The highest BCUT2D eigenvalue weighted by molar-refractivity contribution is 5.86. The van der Waals surface area contributed by atoms with Crippen LogP contribution in [-0.2, 0) is 22.4 Å². The zero-order valence-corrected chi connectivity index (χ0v) is 19.4. The lowest BCUT2D eigenvalue weighted by atomic mass is 9.78. The van der Waals surface area contributed by atoms with Crippen LogP contribution in [0.2, 0.25) is 0 Å². The van der Waals surface area contributed by atoms with Crippen molar-refractivity contribution in [2.75, 3.05) is 27.2 Å². The largest absolute Gasteiger partial charge is 0.348 e. The monoisotopic (exact) mass is 441 g/mol. The highest BCUT2D eigenvalue weighted by Crippen LogP contribution is 2.38. The third kappa shape index (κ3) is 5.14. The zero-order valence-electron chi connectivity index (χ0n) is 19.4. The van der Waals surface area contributed by atoms with Crippen molar-refractivity contribution >= 4 is 11.8 Å². The maximum Gasteiger partial charge on any atom is 0.230 e. The predicted octanol–water partition coefficient (Wildman–Crippen LogP) is 4.23. The number of carbonyl (C=O) groups excluding carboxylic acids is 2. The number of nitrogens with zero attached hydrogens (tertiary/aromatic N) is 3. The van der Waals surface area contributed by atoms with Crippen LogP contribution >= 0.6 is 0 Å². The molecule has 0 bridgehead atoms. The number of rotatable bonds is 7. The number of pyridine rings is 1. The molecule has 5 nitrogen and oxygen atoms in total. The van der Waals surface area contributed by atoms with Gasteiger partial charge in [0.15, 0.2) is 0 Å². The van der Waals surface area contributed by atoms with Gasteiger partial charge in [-0.2, -0.15) is 0 Å². The summed E-state index contributed by atoms with van der Waals surface area (Å²) < 4.78 is 0. The predicted molar refractivity (Wildman–Crippen MR) is 130 cm³/mol. The van der Waals surface area contributed by atoms with Crippen molar-refractivity contribution in [2.24, 2.45) is 5.41 Å². The number of aryl methyl sites for hydroxylation is 1. The van der Waals surface area contributed by atoms with Crippen LogP contribution in [0.3, 0.4) is 0 Å². The van der Waals surface area contributed by atoms with Gasteiger partial charge in [-0.15, -0.1) is 0 Å². The summed E-state index contributed by atoms with van der Waals surface area (Å²) in [5.41, 5.74) is 3.77. The number of benzene rings is 2. The molecule has 1 aliphatic rings. The quantitative estimate of drug-likeness (QED) is 0.551. The molecule has 1 atom stereocenters. The Morgan fingerprint density at radius 1 is 1.00 bits per heavy atom. The molecule has 0 spiro atoms. The van der Waals surface area contributed by atoms with Gasteiger partial charge in [-0.1, -0.05) is 60.7 Å². The fourth-order valence-corrected chi connectivity index (χ4v) is 4.85. The van der Waals surface area contributed by atoms with Gasteiger partial charge in [0.1, 0.15) is 0 Å². The first-order chi connectivity index (χ1) is 16.0. The van der Waals surface area contributed by atoms with Crippen LogP contribution < -0.4 is 0 Å². The molecule has 1 aliphatic heterocycles. The first kappa shape index (κ1) is 22.7. The van der Waals surface area contributed by atoms with Gasteiger partial charge in [-0.05, 0) is 42.0 Å². The molecule has 5 heteroatoms. The van der Waals surface area contributed by atoms with Crippen molar-refractivity contribution in [3.8, 4) is 11.1 Å². The summed E-state index contributed by atoms with van der Waals surface area (Å²) in [6.07, 6.45) is 6.06. The van der Waals surface area contributed by atoms with Gasteiger partial charge in [0.25, 0.3) is 0 Å². The first-order valence-corrected chi connectivity index (χ1v) is 11.5. The Labute approximate surface area is 196 Å². The van der Waals surface area contributed by atoms with E-state index in [4.69, 9.17) is 0 Å². The second-order valence-electron chi connectivity index (χ2n) is 9.11. The van der Waals surface area contributed by atoms with Crippen LogP contribution in [0.25, 0.3) is 11.1 Å². The minimum Gasteiger partial charge on any atom is -0.348 e. The van der Waals surface area contributed by atoms with E-state index in [2.05, 4.69) is 17.1 Å². The minimum atomic E-state index is -0.621. The summed E-state index contributed by atoms with van der Waals surface area (Å²) in [4.78, 5) is 34.3. The molecule has 0 radical (unpaired) electrons. The van der Waals surface area contributed by atoms with Crippen LogP contribution in [0.4, 0.5) is 0 Å².